The normalized spacial score (nSPS) is 19.0. The summed E-state index contributed by atoms with van der Waals surface area (Å²) in [6.07, 6.45) is 6.14. The van der Waals surface area contributed by atoms with Gasteiger partial charge in [-0.1, -0.05) is 36.9 Å². The van der Waals surface area contributed by atoms with Crippen molar-refractivity contribution in [1.82, 2.24) is 9.97 Å². The SMILES string of the molecule is OC1(c2cnc3c(n2)CN=C3c2cccc(Cl)c2F)CCCCC1. The number of aromatic nitrogens is 2. The maximum absolute atomic E-state index is 14.3. The first-order chi connectivity index (χ1) is 11.6. The van der Waals surface area contributed by atoms with Crippen LogP contribution in [0, 0.1) is 5.82 Å². The molecule has 6 heteroatoms. The molecule has 0 amide bonds. The average molecular weight is 346 g/mol. The second kappa shape index (κ2) is 5.90. The van der Waals surface area contributed by atoms with Crippen LogP contribution in [0.1, 0.15) is 54.7 Å². The van der Waals surface area contributed by atoms with Crippen LogP contribution >= 0.6 is 11.6 Å². The summed E-state index contributed by atoms with van der Waals surface area (Å²) in [5.74, 6) is -0.498. The van der Waals surface area contributed by atoms with Crippen LogP contribution in [-0.4, -0.2) is 20.8 Å². The van der Waals surface area contributed by atoms with Gasteiger partial charge in [-0.2, -0.15) is 0 Å². The first-order valence-corrected chi connectivity index (χ1v) is 8.54. The summed E-state index contributed by atoms with van der Waals surface area (Å²) in [7, 11) is 0. The zero-order chi connectivity index (χ0) is 16.7. The molecule has 1 saturated carbocycles. The van der Waals surface area contributed by atoms with Gasteiger partial charge in [-0.25, -0.2) is 9.37 Å². The van der Waals surface area contributed by atoms with Gasteiger partial charge >= 0.3 is 0 Å². The number of fused-ring (bicyclic) bond motifs is 1. The molecule has 2 aromatic rings. The summed E-state index contributed by atoms with van der Waals surface area (Å²) in [6.45, 7) is 0.341. The van der Waals surface area contributed by atoms with Crippen LogP contribution in [0.2, 0.25) is 5.02 Å². The van der Waals surface area contributed by atoms with E-state index in [2.05, 4.69) is 15.0 Å². The van der Waals surface area contributed by atoms with Gasteiger partial charge in [0.15, 0.2) is 5.82 Å². The molecule has 1 aromatic carbocycles. The number of aliphatic hydroxyl groups is 1. The summed E-state index contributed by atoms with van der Waals surface area (Å²) in [5, 5.41) is 10.9. The third-order valence-corrected chi connectivity index (χ3v) is 5.11. The van der Waals surface area contributed by atoms with E-state index >= 15 is 0 Å². The maximum Gasteiger partial charge on any atom is 0.151 e. The Balaban J connectivity index is 1.71. The highest BCUT2D eigenvalue weighted by Crippen LogP contribution is 2.36. The van der Waals surface area contributed by atoms with Crippen molar-refractivity contribution in [2.45, 2.75) is 44.2 Å². The zero-order valence-electron chi connectivity index (χ0n) is 13.1. The molecule has 2 aliphatic rings. The van der Waals surface area contributed by atoms with Gasteiger partial charge < -0.3 is 5.11 Å². The van der Waals surface area contributed by atoms with E-state index < -0.39 is 11.4 Å². The van der Waals surface area contributed by atoms with E-state index in [9.17, 15) is 9.50 Å². The molecule has 2 heterocycles. The number of halogens is 2. The summed E-state index contributed by atoms with van der Waals surface area (Å²) in [5.41, 5.74) is 1.76. The third kappa shape index (κ3) is 2.52. The Bertz CT molecular complexity index is 831. The Morgan fingerprint density at radius 2 is 1.96 bits per heavy atom. The smallest absolute Gasteiger partial charge is 0.151 e. The molecule has 24 heavy (non-hydrogen) atoms. The van der Waals surface area contributed by atoms with Crippen molar-refractivity contribution in [3.8, 4) is 0 Å². The van der Waals surface area contributed by atoms with Crippen LogP contribution in [0.25, 0.3) is 0 Å². The van der Waals surface area contributed by atoms with Crippen LogP contribution in [0.5, 0.6) is 0 Å². The van der Waals surface area contributed by atoms with Gasteiger partial charge in [0.05, 0.1) is 34.9 Å². The standard InChI is InChI=1S/C18H17ClFN3O/c19-12-6-4-5-11(15(12)20)16-17-13(9-21-16)23-14(10-22-17)18(24)7-2-1-3-8-18/h4-6,10,24H,1-3,7-9H2. The topological polar surface area (TPSA) is 58.4 Å². The lowest BCUT2D eigenvalue weighted by Gasteiger charge is -2.31. The zero-order valence-corrected chi connectivity index (χ0v) is 13.9. The molecule has 0 bridgehead atoms. The number of benzene rings is 1. The number of hydrogen-bond donors (Lipinski definition) is 1. The molecular formula is C18H17ClFN3O. The summed E-state index contributed by atoms with van der Waals surface area (Å²) < 4.78 is 14.3. The summed E-state index contributed by atoms with van der Waals surface area (Å²) >= 11 is 5.87. The average Bonchev–Trinajstić information content (AvgIpc) is 3.01. The molecule has 0 spiro atoms. The molecule has 1 aromatic heterocycles. The lowest BCUT2D eigenvalue weighted by Crippen LogP contribution is -2.30. The molecule has 4 rings (SSSR count). The molecule has 1 fully saturated rings. The van der Waals surface area contributed by atoms with Gasteiger partial charge in [0.25, 0.3) is 0 Å². The Morgan fingerprint density at radius 3 is 2.75 bits per heavy atom. The highest BCUT2D eigenvalue weighted by molar-refractivity contribution is 6.31. The molecule has 0 saturated heterocycles. The fourth-order valence-corrected chi connectivity index (χ4v) is 3.66. The van der Waals surface area contributed by atoms with Gasteiger partial charge in [-0.15, -0.1) is 0 Å². The monoisotopic (exact) mass is 345 g/mol. The second-order valence-corrected chi connectivity index (χ2v) is 6.82. The van der Waals surface area contributed by atoms with Crippen molar-refractivity contribution in [2.75, 3.05) is 0 Å². The van der Waals surface area contributed by atoms with Crippen molar-refractivity contribution < 1.29 is 9.50 Å². The minimum atomic E-state index is -0.898. The number of rotatable bonds is 2. The molecule has 1 aliphatic heterocycles. The van der Waals surface area contributed by atoms with E-state index in [0.29, 0.717) is 47.7 Å². The first-order valence-electron chi connectivity index (χ1n) is 8.16. The van der Waals surface area contributed by atoms with E-state index in [4.69, 9.17) is 11.6 Å². The molecular weight excluding hydrogens is 329 g/mol. The van der Waals surface area contributed by atoms with Gasteiger partial charge in [0.2, 0.25) is 0 Å². The molecule has 1 aliphatic carbocycles. The summed E-state index contributed by atoms with van der Waals surface area (Å²) in [4.78, 5) is 13.4. The van der Waals surface area contributed by atoms with E-state index in [1.54, 1.807) is 18.3 Å². The van der Waals surface area contributed by atoms with Gasteiger partial charge in [0.1, 0.15) is 11.3 Å². The molecule has 0 unspecified atom stereocenters. The molecule has 1 N–H and O–H groups in total. The predicted molar refractivity (Wildman–Crippen MR) is 89.8 cm³/mol. The van der Waals surface area contributed by atoms with Crippen molar-refractivity contribution in [2.24, 2.45) is 4.99 Å². The number of hydrogen-bond acceptors (Lipinski definition) is 4. The Morgan fingerprint density at radius 1 is 1.17 bits per heavy atom. The fraction of sp³-hybridized carbons (Fsp3) is 0.389. The van der Waals surface area contributed by atoms with Gasteiger partial charge in [0, 0.05) is 5.56 Å². The maximum atomic E-state index is 14.3. The minimum Gasteiger partial charge on any atom is -0.383 e. The molecule has 4 nitrogen and oxygen atoms in total. The Labute approximate surface area is 144 Å². The fourth-order valence-electron chi connectivity index (χ4n) is 3.48. The van der Waals surface area contributed by atoms with Crippen molar-refractivity contribution in [1.29, 1.82) is 0 Å². The molecule has 124 valence electrons. The van der Waals surface area contributed by atoms with Gasteiger partial charge in [-0.3, -0.25) is 9.98 Å². The van der Waals surface area contributed by atoms with Crippen LogP contribution in [0.15, 0.2) is 29.4 Å². The molecule has 0 atom stereocenters. The van der Waals surface area contributed by atoms with Crippen molar-refractivity contribution in [3.63, 3.8) is 0 Å². The Hall–Kier alpha value is -1.85. The molecule has 0 radical (unpaired) electrons. The van der Waals surface area contributed by atoms with Crippen molar-refractivity contribution in [3.05, 3.63) is 57.9 Å². The van der Waals surface area contributed by atoms with Crippen LogP contribution in [0.3, 0.4) is 0 Å². The van der Waals surface area contributed by atoms with Crippen LogP contribution in [0.4, 0.5) is 4.39 Å². The number of nitrogens with zero attached hydrogens (tertiary/aromatic N) is 3. The van der Waals surface area contributed by atoms with Crippen LogP contribution in [-0.2, 0) is 12.1 Å². The highest BCUT2D eigenvalue weighted by Gasteiger charge is 2.34. The summed E-state index contributed by atoms with van der Waals surface area (Å²) in [6, 6.07) is 4.83. The van der Waals surface area contributed by atoms with Crippen LogP contribution < -0.4 is 0 Å². The quantitative estimate of drug-likeness (QED) is 0.901. The second-order valence-electron chi connectivity index (χ2n) is 6.41. The Kier molecular flexibility index (Phi) is 3.85. The lowest BCUT2D eigenvalue weighted by molar-refractivity contribution is -0.00513. The van der Waals surface area contributed by atoms with E-state index in [1.807, 2.05) is 0 Å². The number of aliphatic imine (C=N–C) groups is 1. The first kappa shape index (κ1) is 15.7. The highest BCUT2D eigenvalue weighted by atomic mass is 35.5. The van der Waals surface area contributed by atoms with E-state index in [-0.39, 0.29) is 5.02 Å². The predicted octanol–water partition coefficient (Wildman–Crippen LogP) is 3.77. The third-order valence-electron chi connectivity index (χ3n) is 4.82. The van der Waals surface area contributed by atoms with Crippen molar-refractivity contribution >= 4 is 17.3 Å². The lowest BCUT2D eigenvalue weighted by atomic mass is 9.82. The van der Waals surface area contributed by atoms with E-state index in [0.717, 1.165) is 19.3 Å². The van der Waals surface area contributed by atoms with E-state index in [1.165, 1.54) is 6.07 Å². The minimum absolute atomic E-state index is 0.0600. The largest absolute Gasteiger partial charge is 0.383 e. The van der Waals surface area contributed by atoms with Gasteiger partial charge in [-0.05, 0) is 25.0 Å².